The quantitative estimate of drug-likeness (QED) is 0.708. The Balaban J connectivity index is 1.58. The van der Waals surface area contributed by atoms with Crippen molar-refractivity contribution in [2.75, 3.05) is 18.4 Å². The third-order valence-electron chi connectivity index (χ3n) is 4.26. The number of nitrogens with zero attached hydrogens (tertiary/aromatic N) is 2. The van der Waals surface area contributed by atoms with Gasteiger partial charge in [-0.3, -0.25) is 14.7 Å². The SMILES string of the molecule is CCN(CCC(=O)Nc1cccc2cccnc12)Cc1ccccc1. The van der Waals surface area contributed by atoms with Gasteiger partial charge in [0.1, 0.15) is 0 Å². The van der Waals surface area contributed by atoms with Gasteiger partial charge in [0.05, 0.1) is 11.2 Å². The second-order valence-electron chi connectivity index (χ2n) is 6.03. The third-order valence-corrected chi connectivity index (χ3v) is 4.26. The van der Waals surface area contributed by atoms with Gasteiger partial charge >= 0.3 is 0 Å². The van der Waals surface area contributed by atoms with Crippen LogP contribution in [0, 0.1) is 0 Å². The molecule has 25 heavy (non-hydrogen) atoms. The van der Waals surface area contributed by atoms with Crippen molar-refractivity contribution in [3.8, 4) is 0 Å². The molecular formula is C21H23N3O. The summed E-state index contributed by atoms with van der Waals surface area (Å²) in [5.41, 5.74) is 2.87. The second-order valence-corrected chi connectivity index (χ2v) is 6.03. The van der Waals surface area contributed by atoms with Gasteiger partial charge in [0, 0.05) is 31.1 Å². The highest BCUT2D eigenvalue weighted by molar-refractivity contribution is 6.00. The number of benzene rings is 2. The molecule has 0 radical (unpaired) electrons. The van der Waals surface area contributed by atoms with Gasteiger partial charge in [-0.25, -0.2) is 0 Å². The van der Waals surface area contributed by atoms with Crippen LogP contribution in [0.4, 0.5) is 5.69 Å². The van der Waals surface area contributed by atoms with Crippen molar-refractivity contribution >= 4 is 22.5 Å². The maximum absolute atomic E-state index is 12.4. The molecule has 1 N–H and O–H groups in total. The number of hydrogen-bond donors (Lipinski definition) is 1. The van der Waals surface area contributed by atoms with E-state index in [1.54, 1.807) is 6.20 Å². The molecule has 0 spiro atoms. The van der Waals surface area contributed by atoms with Gasteiger partial charge in [-0.05, 0) is 24.2 Å². The van der Waals surface area contributed by atoms with Crippen LogP contribution in [0.25, 0.3) is 10.9 Å². The van der Waals surface area contributed by atoms with Gasteiger partial charge in [-0.2, -0.15) is 0 Å². The summed E-state index contributed by atoms with van der Waals surface area (Å²) in [7, 11) is 0. The smallest absolute Gasteiger partial charge is 0.225 e. The van der Waals surface area contributed by atoms with E-state index in [9.17, 15) is 4.79 Å². The van der Waals surface area contributed by atoms with Crippen molar-refractivity contribution in [3.05, 3.63) is 72.4 Å². The zero-order valence-corrected chi connectivity index (χ0v) is 14.5. The molecule has 3 aromatic rings. The fourth-order valence-corrected chi connectivity index (χ4v) is 2.87. The van der Waals surface area contributed by atoms with E-state index in [0.29, 0.717) is 6.42 Å². The molecule has 1 aromatic heterocycles. The number of amides is 1. The van der Waals surface area contributed by atoms with Crippen molar-refractivity contribution in [2.24, 2.45) is 0 Å². The first kappa shape index (κ1) is 17.1. The highest BCUT2D eigenvalue weighted by Crippen LogP contribution is 2.20. The normalized spacial score (nSPS) is 11.0. The summed E-state index contributed by atoms with van der Waals surface area (Å²) >= 11 is 0. The average Bonchev–Trinajstić information content (AvgIpc) is 2.66. The maximum atomic E-state index is 12.4. The van der Waals surface area contributed by atoms with E-state index in [1.165, 1.54) is 5.56 Å². The van der Waals surface area contributed by atoms with Gasteiger partial charge in [-0.1, -0.05) is 55.5 Å². The molecule has 1 heterocycles. The Morgan fingerprint density at radius 1 is 1.04 bits per heavy atom. The first-order chi connectivity index (χ1) is 12.3. The van der Waals surface area contributed by atoms with Crippen LogP contribution in [0.1, 0.15) is 18.9 Å². The van der Waals surface area contributed by atoms with Gasteiger partial charge in [0.25, 0.3) is 0 Å². The molecular weight excluding hydrogens is 310 g/mol. The van der Waals surface area contributed by atoms with Gasteiger partial charge in [0.15, 0.2) is 0 Å². The zero-order valence-electron chi connectivity index (χ0n) is 14.5. The molecule has 0 fully saturated rings. The second kappa shape index (κ2) is 8.40. The van der Waals surface area contributed by atoms with Gasteiger partial charge in [0.2, 0.25) is 5.91 Å². The molecule has 4 nitrogen and oxygen atoms in total. The van der Waals surface area contributed by atoms with Crippen LogP contribution in [-0.4, -0.2) is 28.9 Å². The van der Waals surface area contributed by atoms with Crippen molar-refractivity contribution in [2.45, 2.75) is 19.9 Å². The lowest BCUT2D eigenvalue weighted by Gasteiger charge is -2.20. The summed E-state index contributed by atoms with van der Waals surface area (Å²) in [4.78, 5) is 19.0. The number of carbonyl (C=O) groups is 1. The summed E-state index contributed by atoms with van der Waals surface area (Å²) in [6.45, 7) is 4.63. The molecule has 1 amide bonds. The monoisotopic (exact) mass is 333 g/mol. The Bertz CT molecular complexity index is 827. The highest BCUT2D eigenvalue weighted by Gasteiger charge is 2.09. The van der Waals surface area contributed by atoms with Crippen molar-refractivity contribution < 1.29 is 4.79 Å². The predicted molar refractivity (Wildman–Crippen MR) is 102 cm³/mol. The molecule has 0 aliphatic carbocycles. The lowest BCUT2D eigenvalue weighted by Crippen LogP contribution is -2.27. The van der Waals surface area contributed by atoms with E-state index < -0.39 is 0 Å². The van der Waals surface area contributed by atoms with Crippen molar-refractivity contribution in [1.82, 2.24) is 9.88 Å². The minimum Gasteiger partial charge on any atom is -0.324 e. The molecule has 0 aliphatic rings. The van der Waals surface area contributed by atoms with Crippen LogP contribution in [0.2, 0.25) is 0 Å². The van der Waals surface area contributed by atoms with E-state index in [1.807, 2.05) is 48.5 Å². The Morgan fingerprint density at radius 2 is 1.84 bits per heavy atom. The first-order valence-electron chi connectivity index (χ1n) is 8.66. The Kier molecular flexibility index (Phi) is 5.75. The summed E-state index contributed by atoms with van der Waals surface area (Å²) in [5, 5.41) is 4.03. The lowest BCUT2D eigenvalue weighted by atomic mass is 10.2. The van der Waals surface area contributed by atoms with Gasteiger partial charge < -0.3 is 5.32 Å². The number of aromatic nitrogens is 1. The Labute approximate surface area is 148 Å². The average molecular weight is 333 g/mol. The predicted octanol–water partition coefficient (Wildman–Crippen LogP) is 4.09. The van der Waals surface area contributed by atoms with E-state index in [2.05, 4.69) is 34.3 Å². The number of rotatable bonds is 7. The Morgan fingerprint density at radius 3 is 2.64 bits per heavy atom. The minimum atomic E-state index is 0.0182. The van der Waals surface area contributed by atoms with Crippen LogP contribution in [0.15, 0.2) is 66.9 Å². The summed E-state index contributed by atoms with van der Waals surface area (Å²) in [6.07, 6.45) is 2.21. The zero-order chi connectivity index (χ0) is 17.5. The number of para-hydroxylation sites is 1. The Hall–Kier alpha value is -2.72. The number of hydrogen-bond acceptors (Lipinski definition) is 3. The van der Waals surface area contributed by atoms with E-state index in [0.717, 1.165) is 36.2 Å². The van der Waals surface area contributed by atoms with Crippen LogP contribution < -0.4 is 5.32 Å². The number of pyridine rings is 1. The summed E-state index contributed by atoms with van der Waals surface area (Å²) in [5.74, 6) is 0.0182. The third kappa shape index (κ3) is 4.64. The minimum absolute atomic E-state index is 0.0182. The molecule has 128 valence electrons. The summed E-state index contributed by atoms with van der Waals surface area (Å²) in [6, 6.07) is 20.1. The van der Waals surface area contributed by atoms with E-state index >= 15 is 0 Å². The molecule has 3 rings (SSSR count). The standard InChI is InChI=1S/C21H23N3O/c1-2-24(16-17-8-4-3-5-9-17)15-13-20(25)23-19-12-6-10-18-11-7-14-22-21(18)19/h3-12,14H,2,13,15-16H2,1H3,(H,23,25). The molecule has 0 unspecified atom stereocenters. The number of fused-ring (bicyclic) bond motifs is 1. The van der Waals surface area contributed by atoms with Crippen molar-refractivity contribution in [1.29, 1.82) is 0 Å². The van der Waals surface area contributed by atoms with Crippen LogP contribution >= 0.6 is 0 Å². The molecule has 0 saturated carbocycles. The lowest BCUT2D eigenvalue weighted by molar-refractivity contribution is -0.116. The fourth-order valence-electron chi connectivity index (χ4n) is 2.87. The molecule has 0 aliphatic heterocycles. The number of carbonyl (C=O) groups excluding carboxylic acids is 1. The van der Waals surface area contributed by atoms with Gasteiger partial charge in [-0.15, -0.1) is 0 Å². The molecule has 0 bridgehead atoms. The van der Waals surface area contributed by atoms with Crippen molar-refractivity contribution in [3.63, 3.8) is 0 Å². The fraction of sp³-hybridized carbons (Fsp3) is 0.238. The number of nitrogens with one attached hydrogen (secondary N) is 1. The molecule has 0 atom stereocenters. The molecule has 4 heteroatoms. The molecule has 0 saturated heterocycles. The molecule has 2 aromatic carbocycles. The largest absolute Gasteiger partial charge is 0.324 e. The number of anilines is 1. The first-order valence-corrected chi connectivity index (χ1v) is 8.66. The van der Waals surface area contributed by atoms with Crippen LogP contribution in [0.5, 0.6) is 0 Å². The topological polar surface area (TPSA) is 45.2 Å². The highest BCUT2D eigenvalue weighted by atomic mass is 16.1. The van der Waals surface area contributed by atoms with Crippen LogP contribution in [0.3, 0.4) is 0 Å². The van der Waals surface area contributed by atoms with E-state index in [-0.39, 0.29) is 5.91 Å². The van der Waals surface area contributed by atoms with Crippen LogP contribution in [-0.2, 0) is 11.3 Å². The van der Waals surface area contributed by atoms with E-state index in [4.69, 9.17) is 0 Å². The summed E-state index contributed by atoms with van der Waals surface area (Å²) < 4.78 is 0. The maximum Gasteiger partial charge on any atom is 0.225 e.